The van der Waals surface area contributed by atoms with Crippen molar-refractivity contribution in [1.29, 1.82) is 0 Å². The molecule has 2 saturated heterocycles. The smallest absolute Gasteiger partial charge is 0.253 e. The summed E-state index contributed by atoms with van der Waals surface area (Å²) in [5.74, 6) is 0.868. The van der Waals surface area contributed by atoms with E-state index in [9.17, 15) is 4.79 Å². The zero-order valence-corrected chi connectivity index (χ0v) is 11.6. The molecule has 0 unspecified atom stereocenters. The van der Waals surface area contributed by atoms with Crippen molar-refractivity contribution in [3.8, 4) is 0 Å². The first-order chi connectivity index (χ1) is 9.25. The SMILES string of the molecule is CN1CCC[C@@H]2CN(C(=O)c3ccccc3)CC[C@H]21. The first kappa shape index (κ1) is 12.7. The fraction of sp³-hybridized carbons (Fsp3) is 0.562. The first-order valence-electron chi connectivity index (χ1n) is 7.30. The molecule has 2 atom stereocenters. The molecule has 3 nitrogen and oxygen atoms in total. The predicted octanol–water partition coefficient (Wildman–Crippen LogP) is 2.24. The van der Waals surface area contributed by atoms with Crippen LogP contribution in [0.1, 0.15) is 29.6 Å². The molecule has 0 radical (unpaired) electrons. The molecule has 1 aromatic rings. The van der Waals surface area contributed by atoms with Gasteiger partial charge in [0.25, 0.3) is 5.91 Å². The van der Waals surface area contributed by atoms with E-state index in [-0.39, 0.29) is 5.91 Å². The Labute approximate surface area is 115 Å². The second kappa shape index (κ2) is 5.33. The number of likely N-dealkylation sites (tertiary alicyclic amines) is 2. The lowest BCUT2D eigenvalue weighted by Crippen LogP contribution is -2.53. The molecule has 19 heavy (non-hydrogen) atoms. The van der Waals surface area contributed by atoms with Crippen LogP contribution in [0.5, 0.6) is 0 Å². The third kappa shape index (κ3) is 2.52. The van der Waals surface area contributed by atoms with Gasteiger partial charge in [0.15, 0.2) is 0 Å². The standard InChI is InChI=1S/C16H22N2O/c1-17-10-5-8-14-12-18(11-9-15(14)17)16(19)13-6-3-2-4-7-13/h2-4,6-7,14-15H,5,8-12H2,1H3/t14-,15-/m1/s1. The monoisotopic (exact) mass is 258 g/mol. The molecule has 2 heterocycles. The fourth-order valence-corrected chi connectivity index (χ4v) is 3.60. The third-order valence-corrected chi connectivity index (χ3v) is 4.65. The van der Waals surface area contributed by atoms with Gasteiger partial charge in [-0.3, -0.25) is 4.79 Å². The Morgan fingerprint density at radius 2 is 1.95 bits per heavy atom. The van der Waals surface area contributed by atoms with E-state index in [1.807, 2.05) is 30.3 Å². The zero-order chi connectivity index (χ0) is 13.2. The number of rotatable bonds is 1. The van der Waals surface area contributed by atoms with E-state index in [0.29, 0.717) is 12.0 Å². The summed E-state index contributed by atoms with van der Waals surface area (Å²) < 4.78 is 0. The average molecular weight is 258 g/mol. The number of fused-ring (bicyclic) bond motifs is 1. The molecule has 1 amide bonds. The summed E-state index contributed by atoms with van der Waals surface area (Å²) in [4.78, 5) is 17.0. The zero-order valence-electron chi connectivity index (χ0n) is 11.6. The van der Waals surface area contributed by atoms with E-state index >= 15 is 0 Å². The minimum absolute atomic E-state index is 0.201. The molecule has 1 aromatic carbocycles. The van der Waals surface area contributed by atoms with Crippen molar-refractivity contribution in [2.75, 3.05) is 26.7 Å². The Bertz CT molecular complexity index is 445. The van der Waals surface area contributed by atoms with Gasteiger partial charge in [0.05, 0.1) is 0 Å². The van der Waals surface area contributed by atoms with E-state index in [2.05, 4.69) is 16.8 Å². The van der Waals surface area contributed by atoms with Gasteiger partial charge < -0.3 is 9.80 Å². The molecule has 0 saturated carbocycles. The lowest BCUT2D eigenvalue weighted by molar-refractivity contribution is 0.0317. The van der Waals surface area contributed by atoms with Crippen LogP contribution in [0.3, 0.4) is 0 Å². The third-order valence-electron chi connectivity index (χ3n) is 4.65. The molecular formula is C16H22N2O. The average Bonchev–Trinajstić information content (AvgIpc) is 2.47. The van der Waals surface area contributed by atoms with Crippen molar-refractivity contribution >= 4 is 5.91 Å². The highest BCUT2D eigenvalue weighted by atomic mass is 16.2. The number of amides is 1. The minimum atomic E-state index is 0.201. The molecule has 3 rings (SSSR count). The number of carbonyl (C=O) groups excluding carboxylic acids is 1. The summed E-state index contributed by atoms with van der Waals surface area (Å²) in [6.07, 6.45) is 3.67. The summed E-state index contributed by atoms with van der Waals surface area (Å²) in [6.45, 7) is 3.05. The van der Waals surface area contributed by atoms with E-state index in [1.165, 1.54) is 19.4 Å². The lowest BCUT2D eigenvalue weighted by Gasteiger charge is -2.46. The largest absolute Gasteiger partial charge is 0.338 e. The number of piperidine rings is 2. The number of carbonyl (C=O) groups is 1. The maximum absolute atomic E-state index is 12.5. The Hall–Kier alpha value is -1.35. The molecule has 2 aliphatic rings. The van der Waals surface area contributed by atoms with E-state index < -0.39 is 0 Å². The van der Waals surface area contributed by atoms with Crippen LogP contribution in [-0.2, 0) is 0 Å². The molecule has 0 spiro atoms. The first-order valence-corrected chi connectivity index (χ1v) is 7.30. The molecule has 0 aromatic heterocycles. The van der Waals surface area contributed by atoms with Gasteiger partial charge >= 0.3 is 0 Å². The summed E-state index contributed by atoms with van der Waals surface area (Å²) in [5, 5.41) is 0. The second-order valence-corrected chi connectivity index (χ2v) is 5.86. The van der Waals surface area contributed by atoms with Gasteiger partial charge in [-0.15, -0.1) is 0 Å². The number of nitrogens with zero attached hydrogens (tertiary/aromatic N) is 2. The van der Waals surface area contributed by atoms with Crippen molar-refractivity contribution in [2.24, 2.45) is 5.92 Å². The van der Waals surface area contributed by atoms with E-state index in [4.69, 9.17) is 0 Å². The van der Waals surface area contributed by atoms with Crippen molar-refractivity contribution in [2.45, 2.75) is 25.3 Å². The van der Waals surface area contributed by atoms with E-state index in [1.54, 1.807) is 0 Å². The summed E-state index contributed by atoms with van der Waals surface area (Å²) in [7, 11) is 2.23. The Morgan fingerprint density at radius 3 is 2.74 bits per heavy atom. The maximum atomic E-state index is 12.5. The normalized spacial score (nSPS) is 27.9. The molecule has 0 N–H and O–H groups in total. The molecule has 0 aliphatic carbocycles. The fourth-order valence-electron chi connectivity index (χ4n) is 3.60. The predicted molar refractivity (Wildman–Crippen MR) is 76.1 cm³/mol. The van der Waals surface area contributed by atoms with Crippen LogP contribution in [-0.4, -0.2) is 48.4 Å². The van der Waals surface area contributed by atoms with Gasteiger partial charge in [-0.1, -0.05) is 18.2 Å². The van der Waals surface area contributed by atoms with Crippen molar-refractivity contribution in [3.63, 3.8) is 0 Å². The van der Waals surface area contributed by atoms with Gasteiger partial charge in [-0.05, 0) is 50.9 Å². The van der Waals surface area contributed by atoms with Gasteiger partial charge in [0, 0.05) is 24.7 Å². The van der Waals surface area contributed by atoms with Crippen LogP contribution >= 0.6 is 0 Å². The molecule has 0 bridgehead atoms. The number of benzene rings is 1. The molecule has 3 heteroatoms. The highest BCUT2D eigenvalue weighted by Crippen LogP contribution is 2.30. The van der Waals surface area contributed by atoms with Crippen molar-refractivity contribution in [1.82, 2.24) is 9.80 Å². The number of hydrogen-bond acceptors (Lipinski definition) is 2. The minimum Gasteiger partial charge on any atom is -0.338 e. The Morgan fingerprint density at radius 1 is 1.16 bits per heavy atom. The summed E-state index contributed by atoms with van der Waals surface area (Å²) in [6, 6.07) is 10.4. The lowest BCUT2D eigenvalue weighted by atomic mass is 9.84. The molecular weight excluding hydrogens is 236 g/mol. The molecule has 2 aliphatic heterocycles. The highest BCUT2D eigenvalue weighted by Gasteiger charge is 2.35. The van der Waals surface area contributed by atoms with Crippen molar-refractivity contribution in [3.05, 3.63) is 35.9 Å². The van der Waals surface area contributed by atoms with Crippen LogP contribution in [0.25, 0.3) is 0 Å². The second-order valence-electron chi connectivity index (χ2n) is 5.86. The summed E-state index contributed by atoms with van der Waals surface area (Å²) in [5.41, 5.74) is 0.824. The van der Waals surface area contributed by atoms with E-state index in [0.717, 1.165) is 25.1 Å². The highest BCUT2D eigenvalue weighted by molar-refractivity contribution is 5.94. The topological polar surface area (TPSA) is 23.6 Å². The van der Waals surface area contributed by atoms with Crippen molar-refractivity contribution < 1.29 is 4.79 Å². The van der Waals surface area contributed by atoms with Crippen LogP contribution in [0.2, 0.25) is 0 Å². The maximum Gasteiger partial charge on any atom is 0.253 e. The van der Waals surface area contributed by atoms with Crippen LogP contribution in [0.15, 0.2) is 30.3 Å². The Balaban J connectivity index is 1.69. The van der Waals surface area contributed by atoms with Crippen LogP contribution in [0, 0.1) is 5.92 Å². The van der Waals surface area contributed by atoms with Gasteiger partial charge in [0.1, 0.15) is 0 Å². The quantitative estimate of drug-likeness (QED) is 0.771. The molecule has 2 fully saturated rings. The molecule has 102 valence electrons. The number of hydrogen-bond donors (Lipinski definition) is 0. The Kier molecular flexibility index (Phi) is 3.56. The van der Waals surface area contributed by atoms with Gasteiger partial charge in [-0.25, -0.2) is 0 Å². The van der Waals surface area contributed by atoms with Crippen LogP contribution in [0.4, 0.5) is 0 Å². The van der Waals surface area contributed by atoms with Gasteiger partial charge in [-0.2, -0.15) is 0 Å². The van der Waals surface area contributed by atoms with Crippen LogP contribution < -0.4 is 0 Å². The van der Waals surface area contributed by atoms with Gasteiger partial charge in [0.2, 0.25) is 0 Å². The summed E-state index contributed by atoms with van der Waals surface area (Å²) >= 11 is 0.